The second-order valence-corrected chi connectivity index (χ2v) is 7.22. The summed E-state index contributed by atoms with van der Waals surface area (Å²) in [6.45, 7) is 5.91. The summed E-state index contributed by atoms with van der Waals surface area (Å²) in [4.78, 5) is 24.6. The summed E-state index contributed by atoms with van der Waals surface area (Å²) in [6, 6.07) is 22.3. The molecule has 0 saturated heterocycles. The van der Waals surface area contributed by atoms with Gasteiger partial charge in [0.1, 0.15) is 18.1 Å². The van der Waals surface area contributed by atoms with Crippen LogP contribution in [0.25, 0.3) is 0 Å². The zero-order valence-corrected chi connectivity index (χ0v) is 17.8. The molecule has 0 aliphatic heterocycles. The first-order chi connectivity index (χ1) is 14.9. The fourth-order valence-corrected chi connectivity index (χ4v) is 2.95. The lowest BCUT2D eigenvalue weighted by Gasteiger charge is -2.18. The van der Waals surface area contributed by atoms with Gasteiger partial charge in [-0.3, -0.25) is 20.4 Å². The predicted octanol–water partition coefficient (Wildman–Crippen LogP) is 4.11. The van der Waals surface area contributed by atoms with Crippen LogP contribution in [0.1, 0.15) is 34.0 Å². The van der Waals surface area contributed by atoms with Crippen LogP contribution in [0.4, 0.5) is 0 Å². The standard InChI is InChI=1S/C25H26N2O4/c1-17-8-7-9-18(2)23(17)31-19(3)24(28)26-27-25(29)21-12-14-22(15-13-21)30-16-20-10-5-4-6-11-20/h4-15,19H,16H2,1-3H3,(H,26,28)(H,27,29). The monoisotopic (exact) mass is 418 g/mol. The van der Waals surface area contributed by atoms with Crippen molar-refractivity contribution in [1.29, 1.82) is 0 Å². The molecule has 31 heavy (non-hydrogen) atoms. The molecule has 0 spiro atoms. The molecule has 3 aromatic carbocycles. The van der Waals surface area contributed by atoms with Crippen LogP contribution in [-0.4, -0.2) is 17.9 Å². The Morgan fingerprint density at radius 3 is 2.13 bits per heavy atom. The lowest BCUT2D eigenvalue weighted by atomic mass is 10.1. The Morgan fingerprint density at radius 2 is 1.48 bits per heavy atom. The quantitative estimate of drug-likeness (QED) is 0.566. The summed E-state index contributed by atoms with van der Waals surface area (Å²) in [5.41, 5.74) is 8.16. The van der Waals surface area contributed by atoms with E-state index in [4.69, 9.17) is 9.47 Å². The van der Waals surface area contributed by atoms with Crippen LogP contribution in [0.5, 0.6) is 11.5 Å². The summed E-state index contributed by atoms with van der Waals surface area (Å²) in [6.07, 6.45) is -0.770. The van der Waals surface area contributed by atoms with Crippen LogP contribution >= 0.6 is 0 Å². The van der Waals surface area contributed by atoms with E-state index in [1.54, 1.807) is 31.2 Å². The maximum absolute atomic E-state index is 12.3. The number of carbonyl (C=O) groups is 2. The van der Waals surface area contributed by atoms with E-state index in [0.717, 1.165) is 16.7 Å². The Hall–Kier alpha value is -3.80. The van der Waals surface area contributed by atoms with Crippen molar-refractivity contribution in [3.8, 4) is 11.5 Å². The molecule has 0 heterocycles. The fourth-order valence-electron chi connectivity index (χ4n) is 2.95. The van der Waals surface area contributed by atoms with E-state index >= 15 is 0 Å². The maximum Gasteiger partial charge on any atom is 0.279 e. The highest BCUT2D eigenvalue weighted by Gasteiger charge is 2.17. The molecular weight excluding hydrogens is 392 g/mol. The van der Waals surface area contributed by atoms with Crippen LogP contribution in [0.2, 0.25) is 0 Å². The number of hydrazine groups is 1. The van der Waals surface area contributed by atoms with Gasteiger partial charge in [0.25, 0.3) is 11.8 Å². The molecule has 3 rings (SSSR count). The Morgan fingerprint density at radius 1 is 0.839 bits per heavy atom. The fraction of sp³-hybridized carbons (Fsp3) is 0.200. The number of rotatable bonds is 7. The summed E-state index contributed by atoms with van der Waals surface area (Å²) in [7, 11) is 0. The molecule has 2 amide bonds. The van der Waals surface area contributed by atoms with Gasteiger partial charge in [0.05, 0.1) is 0 Å². The zero-order chi connectivity index (χ0) is 22.2. The summed E-state index contributed by atoms with van der Waals surface area (Å²) in [5, 5.41) is 0. The number of benzene rings is 3. The van der Waals surface area contributed by atoms with E-state index in [-0.39, 0.29) is 0 Å². The highest BCUT2D eigenvalue weighted by molar-refractivity contribution is 5.95. The zero-order valence-electron chi connectivity index (χ0n) is 17.8. The molecule has 6 heteroatoms. The lowest BCUT2D eigenvalue weighted by molar-refractivity contribution is -0.128. The molecule has 0 bridgehead atoms. The molecule has 1 unspecified atom stereocenters. The van der Waals surface area contributed by atoms with E-state index < -0.39 is 17.9 Å². The summed E-state index contributed by atoms with van der Waals surface area (Å²) < 4.78 is 11.5. The normalized spacial score (nSPS) is 11.3. The molecule has 1 atom stereocenters. The van der Waals surface area contributed by atoms with E-state index in [1.165, 1.54) is 0 Å². The molecule has 2 N–H and O–H groups in total. The van der Waals surface area contributed by atoms with Gasteiger partial charge < -0.3 is 9.47 Å². The Balaban J connectivity index is 1.49. The molecule has 160 valence electrons. The van der Waals surface area contributed by atoms with Crippen molar-refractivity contribution in [2.24, 2.45) is 0 Å². The molecule has 0 aromatic heterocycles. The third-order valence-electron chi connectivity index (χ3n) is 4.74. The molecule has 0 radical (unpaired) electrons. The van der Waals surface area contributed by atoms with Crippen LogP contribution in [0.15, 0.2) is 72.8 Å². The third kappa shape index (κ3) is 6.09. The van der Waals surface area contributed by atoms with Gasteiger partial charge in [0.15, 0.2) is 6.10 Å². The number of hydrogen-bond donors (Lipinski definition) is 2. The second-order valence-electron chi connectivity index (χ2n) is 7.22. The van der Waals surface area contributed by atoms with Crippen LogP contribution in [-0.2, 0) is 11.4 Å². The van der Waals surface area contributed by atoms with Crippen molar-refractivity contribution in [2.45, 2.75) is 33.5 Å². The first-order valence-corrected chi connectivity index (χ1v) is 10.0. The number of para-hydroxylation sites is 1. The van der Waals surface area contributed by atoms with E-state index in [0.29, 0.717) is 23.7 Å². The van der Waals surface area contributed by atoms with Gasteiger partial charge >= 0.3 is 0 Å². The highest BCUT2D eigenvalue weighted by atomic mass is 16.5. The van der Waals surface area contributed by atoms with Crippen molar-refractivity contribution in [3.05, 3.63) is 95.1 Å². The number of ether oxygens (including phenoxy) is 2. The topological polar surface area (TPSA) is 76.7 Å². The minimum absolute atomic E-state index is 0.399. The van der Waals surface area contributed by atoms with Crippen LogP contribution in [0, 0.1) is 13.8 Å². The van der Waals surface area contributed by atoms with Crippen molar-refractivity contribution in [3.63, 3.8) is 0 Å². The first kappa shape index (κ1) is 21.9. The molecule has 0 saturated carbocycles. The summed E-state index contributed by atoms with van der Waals surface area (Å²) in [5.74, 6) is 0.448. The van der Waals surface area contributed by atoms with Gasteiger partial charge in [-0.2, -0.15) is 0 Å². The van der Waals surface area contributed by atoms with Crippen LogP contribution in [0.3, 0.4) is 0 Å². The first-order valence-electron chi connectivity index (χ1n) is 10.0. The number of nitrogens with one attached hydrogen (secondary N) is 2. The van der Waals surface area contributed by atoms with E-state index in [9.17, 15) is 9.59 Å². The van der Waals surface area contributed by atoms with Gasteiger partial charge in [-0.15, -0.1) is 0 Å². The minimum Gasteiger partial charge on any atom is -0.489 e. The van der Waals surface area contributed by atoms with E-state index in [1.807, 2.05) is 62.4 Å². The van der Waals surface area contributed by atoms with Crippen LogP contribution < -0.4 is 20.3 Å². The molecule has 0 aliphatic carbocycles. The van der Waals surface area contributed by atoms with Gasteiger partial charge in [-0.1, -0.05) is 48.5 Å². The largest absolute Gasteiger partial charge is 0.489 e. The lowest BCUT2D eigenvalue weighted by Crippen LogP contribution is -2.47. The van der Waals surface area contributed by atoms with Crippen molar-refractivity contribution in [1.82, 2.24) is 10.9 Å². The average molecular weight is 418 g/mol. The Labute approximate surface area is 182 Å². The number of carbonyl (C=O) groups excluding carboxylic acids is 2. The molecule has 6 nitrogen and oxygen atoms in total. The smallest absolute Gasteiger partial charge is 0.279 e. The second kappa shape index (κ2) is 10.3. The van der Waals surface area contributed by atoms with Gasteiger partial charge in [-0.25, -0.2) is 0 Å². The molecule has 0 fully saturated rings. The summed E-state index contributed by atoms with van der Waals surface area (Å²) >= 11 is 0. The Bertz CT molecular complexity index is 1010. The number of hydrogen-bond acceptors (Lipinski definition) is 4. The van der Waals surface area contributed by atoms with Crippen molar-refractivity contribution < 1.29 is 19.1 Å². The number of amides is 2. The number of aryl methyl sites for hydroxylation is 2. The SMILES string of the molecule is Cc1cccc(C)c1OC(C)C(=O)NNC(=O)c1ccc(OCc2ccccc2)cc1. The molecular formula is C25H26N2O4. The van der Waals surface area contributed by atoms with Gasteiger partial charge in [0, 0.05) is 5.56 Å². The Kier molecular flexibility index (Phi) is 7.27. The average Bonchev–Trinajstić information content (AvgIpc) is 2.79. The molecule has 0 aliphatic rings. The maximum atomic E-state index is 12.3. The van der Waals surface area contributed by atoms with Crippen molar-refractivity contribution in [2.75, 3.05) is 0 Å². The highest BCUT2D eigenvalue weighted by Crippen LogP contribution is 2.23. The van der Waals surface area contributed by atoms with Crippen molar-refractivity contribution >= 4 is 11.8 Å². The van der Waals surface area contributed by atoms with Gasteiger partial charge in [0.2, 0.25) is 0 Å². The molecule has 3 aromatic rings. The van der Waals surface area contributed by atoms with E-state index in [2.05, 4.69) is 10.9 Å². The predicted molar refractivity (Wildman–Crippen MR) is 119 cm³/mol. The third-order valence-corrected chi connectivity index (χ3v) is 4.74. The minimum atomic E-state index is -0.770. The van der Waals surface area contributed by atoms with Gasteiger partial charge in [-0.05, 0) is 61.7 Å².